The second kappa shape index (κ2) is 8.15. The molecule has 0 aliphatic heterocycles. The molecule has 0 saturated heterocycles. The van der Waals surface area contributed by atoms with Gasteiger partial charge >= 0.3 is 0 Å². The van der Waals surface area contributed by atoms with Gasteiger partial charge in [-0.25, -0.2) is 0 Å². The van der Waals surface area contributed by atoms with Gasteiger partial charge in [-0.2, -0.15) is 0 Å². The van der Waals surface area contributed by atoms with Crippen LogP contribution in [0.15, 0.2) is 42.6 Å². The Morgan fingerprint density at radius 3 is 2.73 bits per heavy atom. The Bertz CT molecular complexity index is 921. The minimum atomic E-state index is -0.0293. The molecule has 0 atom stereocenters. The van der Waals surface area contributed by atoms with Crippen molar-refractivity contribution in [2.24, 2.45) is 0 Å². The van der Waals surface area contributed by atoms with Crippen LogP contribution in [0.3, 0.4) is 0 Å². The van der Waals surface area contributed by atoms with Crippen LogP contribution < -0.4 is 14.8 Å². The zero-order valence-electron chi connectivity index (χ0n) is 14.8. The molecule has 2 aromatic carbocycles. The summed E-state index contributed by atoms with van der Waals surface area (Å²) in [5.41, 5.74) is 2.93. The highest BCUT2D eigenvalue weighted by atomic mass is 35.5. The summed E-state index contributed by atoms with van der Waals surface area (Å²) in [6, 6.07) is 11.3. The summed E-state index contributed by atoms with van der Waals surface area (Å²) in [5.74, 6) is 1.47. The van der Waals surface area contributed by atoms with Gasteiger partial charge in [-0.3, -0.25) is 4.79 Å². The Labute approximate surface area is 157 Å². The summed E-state index contributed by atoms with van der Waals surface area (Å²) in [5, 5.41) is 4.59. The third kappa shape index (κ3) is 4.11. The molecule has 0 fully saturated rings. The highest BCUT2D eigenvalue weighted by Crippen LogP contribution is 2.25. The standard InChI is InChI=1S/C20H21ClN2O3/c1-25-16-5-3-13(19(11-16)26-2)7-8-22-20(24)9-14-12-23-18-6-4-15(21)10-17(14)18/h3-6,10-12,23H,7-9H2,1-2H3,(H,22,24). The number of halogens is 1. The number of carbonyl (C=O) groups is 1. The average molecular weight is 373 g/mol. The van der Waals surface area contributed by atoms with Gasteiger partial charge < -0.3 is 19.8 Å². The van der Waals surface area contributed by atoms with Crippen molar-refractivity contribution < 1.29 is 14.3 Å². The molecule has 0 spiro atoms. The molecular weight excluding hydrogens is 352 g/mol. The van der Waals surface area contributed by atoms with Gasteiger partial charge in [0.25, 0.3) is 0 Å². The normalized spacial score (nSPS) is 10.7. The summed E-state index contributed by atoms with van der Waals surface area (Å²) >= 11 is 6.05. The third-order valence-corrected chi connectivity index (χ3v) is 4.53. The van der Waals surface area contributed by atoms with Crippen LogP contribution in [0.4, 0.5) is 0 Å². The summed E-state index contributed by atoms with van der Waals surface area (Å²) in [4.78, 5) is 15.4. The van der Waals surface area contributed by atoms with Crippen LogP contribution >= 0.6 is 11.6 Å². The van der Waals surface area contributed by atoms with Gasteiger partial charge in [-0.1, -0.05) is 17.7 Å². The van der Waals surface area contributed by atoms with Gasteiger partial charge in [-0.15, -0.1) is 0 Å². The lowest BCUT2D eigenvalue weighted by atomic mass is 10.1. The number of hydrogen-bond donors (Lipinski definition) is 2. The topological polar surface area (TPSA) is 63.3 Å². The van der Waals surface area contributed by atoms with Crippen LogP contribution in [0.2, 0.25) is 5.02 Å². The second-order valence-corrected chi connectivity index (χ2v) is 6.39. The fourth-order valence-electron chi connectivity index (χ4n) is 2.93. The first-order valence-electron chi connectivity index (χ1n) is 8.34. The van der Waals surface area contributed by atoms with E-state index in [1.165, 1.54) is 0 Å². The monoisotopic (exact) mass is 372 g/mol. The Morgan fingerprint density at radius 2 is 1.96 bits per heavy atom. The Hall–Kier alpha value is -2.66. The van der Waals surface area contributed by atoms with Crippen molar-refractivity contribution in [3.8, 4) is 11.5 Å². The molecule has 0 saturated carbocycles. The van der Waals surface area contributed by atoms with Crippen LogP contribution in [-0.4, -0.2) is 31.7 Å². The van der Waals surface area contributed by atoms with E-state index in [0.29, 0.717) is 24.4 Å². The molecular formula is C20H21ClN2O3. The summed E-state index contributed by atoms with van der Waals surface area (Å²) in [6.45, 7) is 0.532. The number of aromatic amines is 1. The molecule has 0 bridgehead atoms. The van der Waals surface area contributed by atoms with Crippen molar-refractivity contribution in [1.82, 2.24) is 10.3 Å². The average Bonchev–Trinajstić information content (AvgIpc) is 3.03. The SMILES string of the molecule is COc1ccc(CCNC(=O)Cc2c[nH]c3ccc(Cl)cc23)c(OC)c1. The molecule has 0 radical (unpaired) electrons. The van der Waals surface area contributed by atoms with E-state index in [-0.39, 0.29) is 5.91 Å². The van der Waals surface area contributed by atoms with Gasteiger partial charge in [0, 0.05) is 34.7 Å². The number of ether oxygens (including phenoxy) is 2. The lowest BCUT2D eigenvalue weighted by Crippen LogP contribution is -2.27. The fraction of sp³-hybridized carbons (Fsp3) is 0.250. The zero-order chi connectivity index (χ0) is 18.5. The Morgan fingerprint density at radius 1 is 1.12 bits per heavy atom. The quantitative estimate of drug-likeness (QED) is 0.664. The first-order valence-corrected chi connectivity index (χ1v) is 8.71. The molecule has 0 unspecified atom stereocenters. The summed E-state index contributed by atoms with van der Waals surface area (Å²) < 4.78 is 10.6. The van der Waals surface area contributed by atoms with Crippen molar-refractivity contribution >= 4 is 28.4 Å². The minimum Gasteiger partial charge on any atom is -0.497 e. The van der Waals surface area contributed by atoms with Crippen LogP contribution in [-0.2, 0) is 17.6 Å². The van der Waals surface area contributed by atoms with Crippen LogP contribution in [0, 0.1) is 0 Å². The first kappa shape index (κ1) is 18.1. The fourth-order valence-corrected chi connectivity index (χ4v) is 3.10. The first-order chi connectivity index (χ1) is 12.6. The lowest BCUT2D eigenvalue weighted by Gasteiger charge is -2.11. The van der Waals surface area contributed by atoms with E-state index in [4.69, 9.17) is 21.1 Å². The smallest absolute Gasteiger partial charge is 0.224 e. The molecule has 2 N–H and O–H groups in total. The molecule has 3 aromatic rings. The molecule has 0 aliphatic carbocycles. The summed E-state index contributed by atoms with van der Waals surface area (Å²) in [7, 11) is 3.24. The molecule has 26 heavy (non-hydrogen) atoms. The van der Waals surface area contributed by atoms with E-state index in [9.17, 15) is 4.79 Å². The number of rotatable bonds is 7. The van der Waals surface area contributed by atoms with Crippen LogP contribution in [0.5, 0.6) is 11.5 Å². The van der Waals surface area contributed by atoms with E-state index in [2.05, 4.69) is 10.3 Å². The van der Waals surface area contributed by atoms with Gasteiger partial charge in [-0.05, 0) is 41.8 Å². The van der Waals surface area contributed by atoms with Gasteiger partial charge in [0.1, 0.15) is 11.5 Å². The molecule has 1 heterocycles. The van der Waals surface area contributed by atoms with Crippen LogP contribution in [0.1, 0.15) is 11.1 Å². The van der Waals surface area contributed by atoms with Gasteiger partial charge in [0.05, 0.1) is 20.6 Å². The lowest BCUT2D eigenvalue weighted by molar-refractivity contribution is -0.120. The van der Waals surface area contributed by atoms with E-state index in [0.717, 1.165) is 33.5 Å². The molecule has 3 rings (SSSR count). The number of H-pyrrole nitrogens is 1. The third-order valence-electron chi connectivity index (χ3n) is 4.29. The highest BCUT2D eigenvalue weighted by molar-refractivity contribution is 6.31. The number of benzene rings is 2. The number of amides is 1. The highest BCUT2D eigenvalue weighted by Gasteiger charge is 2.10. The van der Waals surface area contributed by atoms with E-state index in [1.54, 1.807) is 14.2 Å². The number of fused-ring (bicyclic) bond motifs is 1. The maximum atomic E-state index is 12.3. The number of nitrogens with one attached hydrogen (secondary N) is 2. The van der Waals surface area contributed by atoms with Gasteiger partial charge in [0.15, 0.2) is 0 Å². The van der Waals surface area contributed by atoms with E-state index in [1.807, 2.05) is 42.6 Å². The minimum absolute atomic E-state index is 0.0293. The number of aromatic nitrogens is 1. The zero-order valence-corrected chi connectivity index (χ0v) is 15.5. The molecule has 1 aromatic heterocycles. The van der Waals surface area contributed by atoms with Gasteiger partial charge in [0.2, 0.25) is 5.91 Å². The van der Waals surface area contributed by atoms with Crippen molar-refractivity contribution in [2.45, 2.75) is 12.8 Å². The van der Waals surface area contributed by atoms with Crippen LogP contribution in [0.25, 0.3) is 10.9 Å². The molecule has 6 heteroatoms. The van der Waals surface area contributed by atoms with Crippen molar-refractivity contribution in [1.29, 1.82) is 0 Å². The Balaban J connectivity index is 1.58. The maximum Gasteiger partial charge on any atom is 0.224 e. The molecule has 1 amide bonds. The van der Waals surface area contributed by atoms with Crippen molar-refractivity contribution in [3.63, 3.8) is 0 Å². The number of hydrogen-bond acceptors (Lipinski definition) is 3. The maximum absolute atomic E-state index is 12.3. The largest absolute Gasteiger partial charge is 0.497 e. The molecule has 5 nitrogen and oxygen atoms in total. The van der Waals surface area contributed by atoms with E-state index >= 15 is 0 Å². The summed E-state index contributed by atoms with van der Waals surface area (Å²) in [6.07, 6.45) is 2.84. The number of methoxy groups -OCH3 is 2. The molecule has 136 valence electrons. The molecule has 0 aliphatic rings. The predicted octanol–water partition coefficient (Wildman–Crippen LogP) is 3.74. The number of carbonyl (C=O) groups excluding carboxylic acids is 1. The second-order valence-electron chi connectivity index (χ2n) is 5.96. The van der Waals surface area contributed by atoms with E-state index < -0.39 is 0 Å². The van der Waals surface area contributed by atoms with Crippen molar-refractivity contribution in [3.05, 3.63) is 58.7 Å². The predicted molar refractivity (Wildman–Crippen MR) is 103 cm³/mol. The van der Waals surface area contributed by atoms with Crippen molar-refractivity contribution in [2.75, 3.05) is 20.8 Å². The Kier molecular flexibility index (Phi) is 5.68.